The van der Waals surface area contributed by atoms with Crippen LogP contribution >= 0.6 is 0 Å². The van der Waals surface area contributed by atoms with Gasteiger partial charge in [-0.1, -0.05) is 25.1 Å². The largest absolute Gasteiger partial charge is 0.478 e. The van der Waals surface area contributed by atoms with Crippen LogP contribution in [0.5, 0.6) is 5.75 Å². The average molecular weight is 313 g/mol. The number of nitrogens with zero attached hydrogens (tertiary/aromatic N) is 1. The van der Waals surface area contributed by atoms with Crippen LogP contribution < -0.4 is 4.74 Å². The summed E-state index contributed by atoms with van der Waals surface area (Å²) in [5.74, 6) is 0.924. The number of allylic oxidation sites excluding steroid dienone is 2. The summed E-state index contributed by atoms with van der Waals surface area (Å²) >= 11 is 0. The maximum absolute atomic E-state index is 11.4. The zero-order valence-electron chi connectivity index (χ0n) is 13.5. The van der Waals surface area contributed by atoms with E-state index in [1.165, 1.54) is 6.42 Å². The van der Waals surface area contributed by atoms with Crippen LogP contribution in [0.25, 0.3) is 0 Å². The van der Waals surface area contributed by atoms with Crippen molar-refractivity contribution in [1.82, 2.24) is 4.90 Å². The molecule has 1 atom stereocenters. The van der Waals surface area contributed by atoms with Gasteiger partial charge in [-0.3, -0.25) is 0 Å². The normalized spacial score (nSPS) is 21.9. The minimum atomic E-state index is -0.829. The summed E-state index contributed by atoms with van der Waals surface area (Å²) in [6.07, 6.45) is 5.85. The van der Waals surface area contributed by atoms with Gasteiger partial charge >= 0.3 is 5.97 Å². The molecule has 4 nitrogen and oxygen atoms in total. The van der Waals surface area contributed by atoms with Crippen molar-refractivity contribution < 1.29 is 14.6 Å². The van der Waals surface area contributed by atoms with Crippen molar-refractivity contribution in [2.75, 3.05) is 13.1 Å². The number of para-hydroxylation sites is 1. The van der Waals surface area contributed by atoms with Crippen molar-refractivity contribution in [3.8, 4) is 5.75 Å². The SMILES string of the molecule is CC1CC(C(=O)O)=CC(N2CCCCC2)=C1Oc1ccccc1. The zero-order valence-corrected chi connectivity index (χ0v) is 13.5. The van der Waals surface area contributed by atoms with Crippen molar-refractivity contribution in [3.63, 3.8) is 0 Å². The van der Waals surface area contributed by atoms with E-state index >= 15 is 0 Å². The Balaban J connectivity index is 1.97. The lowest BCUT2D eigenvalue weighted by atomic mass is 9.91. The Morgan fingerprint density at radius 1 is 1.17 bits per heavy atom. The van der Waals surface area contributed by atoms with E-state index in [0.717, 1.165) is 43.1 Å². The molecule has 3 rings (SSSR count). The topological polar surface area (TPSA) is 49.8 Å². The molecule has 1 aromatic rings. The maximum atomic E-state index is 11.4. The van der Waals surface area contributed by atoms with Gasteiger partial charge in [0.2, 0.25) is 0 Å². The molecule has 1 N–H and O–H groups in total. The van der Waals surface area contributed by atoms with Gasteiger partial charge in [0.05, 0.1) is 5.70 Å². The molecule has 1 unspecified atom stereocenters. The van der Waals surface area contributed by atoms with Crippen LogP contribution in [0, 0.1) is 5.92 Å². The molecule has 2 aliphatic rings. The van der Waals surface area contributed by atoms with E-state index in [4.69, 9.17) is 4.74 Å². The Hall–Kier alpha value is -2.23. The summed E-state index contributed by atoms with van der Waals surface area (Å²) in [6, 6.07) is 9.72. The van der Waals surface area contributed by atoms with E-state index in [1.807, 2.05) is 43.3 Å². The van der Waals surface area contributed by atoms with Gasteiger partial charge in [0.1, 0.15) is 11.5 Å². The van der Waals surface area contributed by atoms with Gasteiger partial charge in [-0.25, -0.2) is 4.79 Å². The summed E-state index contributed by atoms with van der Waals surface area (Å²) in [6.45, 7) is 3.97. The van der Waals surface area contributed by atoms with E-state index < -0.39 is 5.97 Å². The van der Waals surface area contributed by atoms with Crippen LogP contribution in [0.15, 0.2) is 53.4 Å². The van der Waals surface area contributed by atoms with Gasteiger partial charge in [0.25, 0.3) is 0 Å². The third-order valence-electron chi connectivity index (χ3n) is 4.48. The Bertz CT molecular complexity index is 627. The highest BCUT2D eigenvalue weighted by molar-refractivity contribution is 5.87. The number of hydrogen-bond acceptors (Lipinski definition) is 3. The Kier molecular flexibility index (Phi) is 4.70. The number of aliphatic carboxylic acids is 1. The first-order chi connectivity index (χ1) is 11.1. The van der Waals surface area contributed by atoms with Gasteiger partial charge in [0.15, 0.2) is 0 Å². The number of carbonyl (C=O) groups is 1. The lowest BCUT2D eigenvalue weighted by Gasteiger charge is -2.35. The molecule has 122 valence electrons. The number of carboxylic acid groups (broad SMARTS) is 1. The van der Waals surface area contributed by atoms with Crippen molar-refractivity contribution in [3.05, 3.63) is 53.4 Å². The molecule has 1 heterocycles. The smallest absolute Gasteiger partial charge is 0.331 e. The van der Waals surface area contributed by atoms with Crippen LogP contribution in [0.2, 0.25) is 0 Å². The van der Waals surface area contributed by atoms with E-state index in [9.17, 15) is 9.90 Å². The fourth-order valence-corrected chi connectivity index (χ4v) is 3.27. The second-order valence-electron chi connectivity index (χ2n) is 6.29. The minimum Gasteiger partial charge on any atom is -0.478 e. The molecule has 0 saturated carbocycles. The standard InChI is InChI=1S/C19H23NO3/c1-14-12-15(19(21)22)13-17(20-10-6-3-7-11-20)18(14)23-16-8-4-2-5-9-16/h2,4-5,8-9,13-14H,3,6-7,10-12H2,1H3,(H,21,22). The second kappa shape index (κ2) is 6.90. The average Bonchev–Trinajstić information content (AvgIpc) is 2.58. The highest BCUT2D eigenvalue weighted by atomic mass is 16.5. The van der Waals surface area contributed by atoms with Crippen LogP contribution in [0.1, 0.15) is 32.6 Å². The van der Waals surface area contributed by atoms with Crippen LogP contribution in [0.4, 0.5) is 0 Å². The number of carboxylic acids is 1. The highest BCUT2D eigenvalue weighted by Crippen LogP contribution is 2.34. The quantitative estimate of drug-likeness (QED) is 0.918. The fraction of sp³-hybridized carbons (Fsp3) is 0.421. The number of rotatable bonds is 4. The molecule has 1 saturated heterocycles. The van der Waals surface area contributed by atoms with Crippen molar-refractivity contribution >= 4 is 5.97 Å². The monoisotopic (exact) mass is 313 g/mol. The number of benzene rings is 1. The Labute approximate surface area is 137 Å². The van der Waals surface area contributed by atoms with E-state index in [1.54, 1.807) is 0 Å². The Morgan fingerprint density at radius 3 is 2.52 bits per heavy atom. The summed E-state index contributed by atoms with van der Waals surface area (Å²) in [5, 5.41) is 9.40. The van der Waals surface area contributed by atoms with Gasteiger partial charge in [-0.05, 0) is 43.9 Å². The van der Waals surface area contributed by atoms with Gasteiger partial charge in [0, 0.05) is 24.6 Å². The molecule has 1 aliphatic heterocycles. The molecule has 1 aromatic carbocycles. The van der Waals surface area contributed by atoms with Gasteiger partial charge in [-0.15, -0.1) is 0 Å². The van der Waals surface area contributed by atoms with Gasteiger partial charge < -0.3 is 14.7 Å². The summed E-state index contributed by atoms with van der Waals surface area (Å²) in [7, 11) is 0. The molecule has 0 bridgehead atoms. The van der Waals surface area contributed by atoms with Crippen molar-refractivity contribution in [2.24, 2.45) is 5.92 Å². The summed E-state index contributed by atoms with van der Waals surface area (Å²) < 4.78 is 6.16. The molecule has 23 heavy (non-hydrogen) atoms. The van der Waals surface area contributed by atoms with Gasteiger partial charge in [-0.2, -0.15) is 0 Å². The van der Waals surface area contributed by atoms with Crippen LogP contribution in [0.3, 0.4) is 0 Å². The fourth-order valence-electron chi connectivity index (χ4n) is 3.27. The van der Waals surface area contributed by atoms with E-state index in [-0.39, 0.29) is 5.92 Å². The first-order valence-corrected chi connectivity index (χ1v) is 8.31. The molecule has 1 fully saturated rings. The van der Waals surface area contributed by atoms with Crippen molar-refractivity contribution in [2.45, 2.75) is 32.6 Å². The molecule has 0 radical (unpaired) electrons. The lowest BCUT2D eigenvalue weighted by molar-refractivity contribution is -0.132. The third-order valence-corrected chi connectivity index (χ3v) is 4.48. The lowest BCUT2D eigenvalue weighted by Crippen LogP contribution is -2.33. The predicted octanol–water partition coefficient (Wildman–Crippen LogP) is 3.81. The molecular formula is C19H23NO3. The van der Waals surface area contributed by atoms with Crippen LogP contribution in [-0.4, -0.2) is 29.1 Å². The minimum absolute atomic E-state index is 0.0585. The third kappa shape index (κ3) is 3.58. The highest BCUT2D eigenvalue weighted by Gasteiger charge is 2.29. The second-order valence-corrected chi connectivity index (χ2v) is 6.29. The molecule has 1 aliphatic carbocycles. The number of ether oxygens (including phenoxy) is 1. The van der Waals surface area contributed by atoms with E-state index in [0.29, 0.717) is 12.0 Å². The molecule has 0 spiro atoms. The summed E-state index contributed by atoms with van der Waals surface area (Å²) in [5.41, 5.74) is 1.42. The first-order valence-electron chi connectivity index (χ1n) is 8.31. The van der Waals surface area contributed by atoms with E-state index in [2.05, 4.69) is 4.90 Å². The Morgan fingerprint density at radius 2 is 1.87 bits per heavy atom. The first kappa shape index (κ1) is 15.7. The molecular weight excluding hydrogens is 290 g/mol. The number of hydrogen-bond donors (Lipinski definition) is 1. The number of likely N-dealkylation sites (tertiary alicyclic amines) is 1. The van der Waals surface area contributed by atoms with Crippen molar-refractivity contribution in [1.29, 1.82) is 0 Å². The number of piperidine rings is 1. The summed E-state index contributed by atoms with van der Waals surface area (Å²) in [4.78, 5) is 13.7. The molecule has 4 heteroatoms. The van der Waals surface area contributed by atoms with Crippen LogP contribution in [-0.2, 0) is 4.79 Å². The maximum Gasteiger partial charge on any atom is 0.331 e. The molecule has 0 aromatic heterocycles. The predicted molar refractivity (Wildman–Crippen MR) is 89.0 cm³/mol. The zero-order chi connectivity index (χ0) is 16.2. The molecule has 0 amide bonds.